The van der Waals surface area contributed by atoms with Crippen LogP contribution in [0.5, 0.6) is 0 Å². The number of oxazole rings is 1. The third kappa shape index (κ3) is 5.10. The second-order valence-corrected chi connectivity index (χ2v) is 11.4. The molecular formula is C36H30N6O3. The Hall–Kier alpha value is -5.43. The smallest absolute Gasteiger partial charge is 0.229 e. The number of likely N-dealkylation sites (tertiary alicyclic amines) is 1. The molecule has 3 aromatic heterocycles. The predicted octanol–water partition coefficient (Wildman–Crippen LogP) is 6.57. The van der Waals surface area contributed by atoms with Gasteiger partial charge in [0.25, 0.3) is 0 Å². The highest BCUT2D eigenvalue weighted by atomic mass is 16.3. The fourth-order valence-electron chi connectivity index (χ4n) is 6.26. The van der Waals surface area contributed by atoms with Crippen molar-refractivity contribution < 1.29 is 14.3 Å². The van der Waals surface area contributed by atoms with Gasteiger partial charge in [0.15, 0.2) is 11.4 Å². The zero-order valence-electron chi connectivity index (χ0n) is 24.9. The molecule has 1 aliphatic heterocycles. The first-order valence-electron chi connectivity index (χ1n) is 14.8. The van der Waals surface area contributed by atoms with Crippen molar-refractivity contribution >= 4 is 39.8 Å². The lowest BCUT2D eigenvalue weighted by atomic mass is 9.92. The number of carbonyl (C=O) groups is 1. The molecule has 0 aliphatic carbocycles. The van der Waals surface area contributed by atoms with E-state index in [1.165, 1.54) is 6.07 Å². The fraction of sp³-hybridized carbons (Fsp3) is 0.194. The van der Waals surface area contributed by atoms with Gasteiger partial charge < -0.3 is 14.4 Å². The van der Waals surface area contributed by atoms with E-state index in [9.17, 15) is 15.2 Å². The number of pyridine rings is 2. The normalized spacial score (nSPS) is 15.0. The van der Waals surface area contributed by atoms with E-state index in [-0.39, 0.29) is 5.56 Å². The van der Waals surface area contributed by atoms with E-state index >= 15 is 0 Å². The Balaban J connectivity index is 1.52. The molecule has 0 spiro atoms. The number of aryl methyl sites for hydroxylation is 1. The zero-order chi connectivity index (χ0) is 31.1. The Morgan fingerprint density at radius 1 is 1.07 bits per heavy atom. The van der Waals surface area contributed by atoms with Gasteiger partial charge in [-0.05, 0) is 72.9 Å². The van der Waals surface area contributed by atoms with Gasteiger partial charge in [0.2, 0.25) is 5.89 Å². The second kappa shape index (κ2) is 11.6. The maximum atomic E-state index is 11.7. The first-order chi connectivity index (χ1) is 21.9. The maximum absolute atomic E-state index is 11.7. The molecule has 0 bridgehead atoms. The van der Waals surface area contributed by atoms with Crippen LogP contribution in [0.3, 0.4) is 0 Å². The number of rotatable bonds is 7. The van der Waals surface area contributed by atoms with Gasteiger partial charge in [0.05, 0.1) is 29.6 Å². The van der Waals surface area contributed by atoms with Crippen LogP contribution < -0.4 is 4.90 Å². The topological polar surface area (TPSA) is 119 Å². The molecule has 1 saturated heterocycles. The molecule has 0 saturated carbocycles. The fourth-order valence-corrected chi connectivity index (χ4v) is 6.26. The summed E-state index contributed by atoms with van der Waals surface area (Å²) in [4.78, 5) is 30.4. The predicted molar refractivity (Wildman–Crippen MR) is 173 cm³/mol. The molecule has 7 rings (SSSR count). The van der Waals surface area contributed by atoms with E-state index in [2.05, 4.69) is 47.1 Å². The number of carbonyl (C=O) groups excluding carboxylic acids is 1. The Morgan fingerprint density at radius 3 is 2.71 bits per heavy atom. The molecule has 222 valence electrons. The van der Waals surface area contributed by atoms with Crippen molar-refractivity contribution in [3.05, 3.63) is 101 Å². The quantitative estimate of drug-likeness (QED) is 0.205. The van der Waals surface area contributed by atoms with E-state index in [1.807, 2.05) is 37.3 Å². The van der Waals surface area contributed by atoms with Gasteiger partial charge >= 0.3 is 0 Å². The number of nitriles is 1. The summed E-state index contributed by atoms with van der Waals surface area (Å²) < 4.78 is 6.41. The number of aldehydes is 1. The highest BCUT2D eigenvalue weighted by Crippen LogP contribution is 2.44. The number of anilines is 2. The number of aliphatic hydroxyl groups is 1. The Bertz CT molecular complexity index is 2130. The highest BCUT2D eigenvalue weighted by molar-refractivity contribution is 5.96. The monoisotopic (exact) mass is 594 g/mol. The molecule has 0 amide bonds. The number of benzene rings is 3. The third-order valence-electron chi connectivity index (χ3n) is 8.50. The van der Waals surface area contributed by atoms with Gasteiger partial charge in [-0.2, -0.15) is 5.26 Å². The highest BCUT2D eigenvalue weighted by Gasteiger charge is 2.29. The van der Waals surface area contributed by atoms with E-state index in [4.69, 9.17) is 19.4 Å². The summed E-state index contributed by atoms with van der Waals surface area (Å²) in [5.41, 5.74) is 7.77. The number of β-amino-alcohol motifs (C(OH)–C–C–N with tert-alkyl or cyclic N) is 1. The molecule has 9 nitrogen and oxygen atoms in total. The molecule has 4 heterocycles. The van der Waals surface area contributed by atoms with Crippen molar-refractivity contribution in [2.45, 2.75) is 26.4 Å². The van der Waals surface area contributed by atoms with E-state index in [0.717, 1.165) is 51.0 Å². The minimum atomic E-state index is -0.399. The van der Waals surface area contributed by atoms with E-state index < -0.39 is 6.10 Å². The summed E-state index contributed by atoms with van der Waals surface area (Å²) in [7, 11) is 0. The Kier molecular flexibility index (Phi) is 7.29. The largest absolute Gasteiger partial charge is 0.435 e. The second-order valence-electron chi connectivity index (χ2n) is 11.4. The lowest BCUT2D eigenvalue weighted by Gasteiger charge is -2.31. The van der Waals surface area contributed by atoms with Crippen molar-refractivity contribution in [2.75, 3.05) is 24.7 Å². The van der Waals surface area contributed by atoms with Gasteiger partial charge in [-0.1, -0.05) is 36.4 Å². The van der Waals surface area contributed by atoms with Crippen LogP contribution in [-0.4, -0.2) is 57.1 Å². The SMILES string of the molecule is Cc1ccccc1-c1ccc(N(CN2CC[C@H](O)C2)c2nccc3cccnc23)c(-c2nc3cc(C=O)cc(C#N)c3o2)c1C. The van der Waals surface area contributed by atoms with Crippen LogP contribution in [-0.2, 0) is 0 Å². The molecule has 1 atom stereocenters. The molecule has 9 heteroatoms. The molecule has 45 heavy (non-hydrogen) atoms. The van der Waals surface area contributed by atoms with Crippen LogP contribution in [0.1, 0.15) is 33.5 Å². The number of fused-ring (bicyclic) bond motifs is 2. The first kappa shape index (κ1) is 28.3. The molecule has 6 aromatic rings. The maximum Gasteiger partial charge on any atom is 0.229 e. The minimum absolute atomic E-state index is 0.241. The van der Waals surface area contributed by atoms with Gasteiger partial charge in [0.1, 0.15) is 23.4 Å². The van der Waals surface area contributed by atoms with Crippen LogP contribution in [0, 0.1) is 25.2 Å². The zero-order valence-corrected chi connectivity index (χ0v) is 24.9. The molecular weight excluding hydrogens is 564 g/mol. The van der Waals surface area contributed by atoms with Crippen molar-refractivity contribution in [3.8, 4) is 28.7 Å². The number of hydrogen-bond donors (Lipinski definition) is 1. The van der Waals surface area contributed by atoms with Crippen LogP contribution in [0.2, 0.25) is 0 Å². The van der Waals surface area contributed by atoms with Crippen LogP contribution >= 0.6 is 0 Å². The Labute approximate surface area is 260 Å². The number of hydrogen-bond acceptors (Lipinski definition) is 9. The minimum Gasteiger partial charge on any atom is -0.435 e. The summed E-state index contributed by atoms with van der Waals surface area (Å²) >= 11 is 0. The standard InChI is InChI=1S/C36H30N6O3/c1-22-6-3-4-8-28(22)29-9-10-31(32(23(29)2)36-40-30-17-24(20-43)16-26(18-37)34(30)45-36)42(21-41-15-12-27(44)19-41)35-33-25(11-14-39-35)7-5-13-38-33/h3-11,13-14,16-17,20,27,44H,12,15,19,21H2,1-2H3/t27-/m0/s1. The average molecular weight is 595 g/mol. The molecule has 1 aliphatic rings. The van der Waals surface area contributed by atoms with E-state index in [1.54, 1.807) is 18.5 Å². The van der Waals surface area contributed by atoms with E-state index in [0.29, 0.717) is 54.3 Å². The van der Waals surface area contributed by atoms with Crippen LogP contribution in [0.4, 0.5) is 11.5 Å². The van der Waals surface area contributed by atoms with Crippen molar-refractivity contribution in [2.24, 2.45) is 0 Å². The van der Waals surface area contributed by atoms with Crippen molar-refractivity contribution in [3.63, 3.8) is 0 Å². The van der Waals surface area contributed by atoms with Crippen molar-refractivity contribution in [1.29, 1.82) is 5.26 Å². The summed E-state index contributed by atoms with van der Waals surface area (Å²) in [6, 6.07) is 23.5. The van der Waals surface area contributed by atoms with Gasteiger partial charge in [-0.15, -0.1) is 0 Å². The number of aliphatic hydroxyl groups excluding tert-OH is 1. The number of aromatic nitrogens is 3. The third-order valence-corrected chi connectivity index (χ3v) is 8.50. The van der Waals surface area contributed by atoms with Gasteiger partial charge in [0, 0.05) is 36.4 Å². The summed E-state index contributed by atoms with van der Waals surface area (Å²) in [5, 5.41) is 21.2. The first-order valence-corrected chi connectivity index (χ1v) is 14.8. The summed E-state index contributed by atoms with van der Waals surface area (Å²) in [6.45, 7) is 5.83. The number of nitrogens with zero attached hydrogens (tertiary/aromatic N) is 6. The molecule has 1 N–H and O–H groups in total. The van der Waals surface area contributed by atoms with Crippen LogP contribution in [0.25, 0.3) is 44.6 Å². The summed E-state index contributed by atoms with van der Waals surface area (Å²) in [5.74, 6) is 0.989. The molecule has 0 unspecified atom stereocenters. The lowest BCUT2D eigenvalue weighted by molar-refractivity contribution is 0.112. The molecule has 1 fully saturated rings. The van der Waals surface area contributed by atoms with Crippen LogP contribution in [0.15, 0.2) is 83.5 Å². The van der Waals surface area contributed by atoms with Gasteiger partial charge in [-0.3, -0.25) is 14.7 Å². The lowest BCUT2D eigenvalue weighted by Crippen LogP contribution is -2.35. The summed E-state index contributed by atoms with van der Waals surface area (Å²) in [6.07, 6.45) is 4.53. The average Bonchev–Trinajstić information content (AvgIpc) is 3.68. The molecule has 3 aromatic carbocycles. The van der Waals surface area contributed by atoms with Crippen molar-refractivity contribution in [1.82, 2.24) is 19.9 Å². The van der Waals surface area contributed by atoms with Gasteiger partial charge in [-0.25, -0.2) is 9.97 Å². The Morgan fingerprint density at radius 2 is 1.93 bits per heavy atom. The molecule has 0 radical (unpaired) electrons.